The molecule has 0 fully saturated rings. The lowest BCUT2D eigenvalue weighted by molar-refractivity contribution is -0.120. The van der Waals surface area contributed by atoms with Crippen molar-refractivity contribution in [1.29, 1.82) is 0 Å². The Labute approximate surface area is 148 Å². The minimum atomic E-state index is -0.445. The number of hydrogen-bond donors (Lipinski definition) is 2. The highest BCUT2D eigenvalue weighted by molar-refractivity contribution is 6.30. The molecule has 2 amide bonds. The predicted molar refractivity (Wildman–Crippen MR) is 92.1 cm³/mol. The number of hydrazone groups is 1. The lowest BCUT2D eigenvalue weighted by Gasteiger charge is -2.04. The fourth-order valence-corrected chi connectivity index (χ4v) is 2.20. The summed E-state index contributed by atoms with van der Waals surface area (Å²) in [5, 5.41) is 6.87. The third kappa shape index (κ3) is 4.48. The van der Waals surface area contributed by atoms with Crippen molar-refractivity contribution in [2.75, 3.05) is 13.3 Å². The third-order valence-electron chi connectivity index (χ3n) is 3.32. The van der Waals surface area contributed by atoms with Gasteiger partial charge in [-0.05, 0) is 48.0 Å². The van der Waals surface area contributed by atoms with Gasteiger partial charge in [-0.2, -0.15) is 5.10 Å². The van der Waals surface area contributed by atoms with E-state index in [1.54, 1.807) is 42.5 Å². The number of benzene rings is 2. The monoisotopic (exact) mass is 359 g/mol. The van der Waals surface area contributed by atoms with E-state index in [1.807, 2.05) is 0 Å². The fraction of sp³-hybridized carbons (Fsp3) is 0.118. The molecule has 2 aromatic carbocycles. The molecule has 0 aromatic heterocycles. The molecule has 3 rings (SSSR count). The van der Waals surface area contributed by atoms with Crippen LogP contribution in [0.15, 0.2) is 47.6 Å². The topological polar surface area (TPSA) is 89.0 Å². The Balaban J connectivity index is 1.46. The molecule has 7 nitrogen and oxygen atoms in total. The zero-order valence-corrected chi connectivity index (χ0v) is 13.7. The van der Waals surface area contributed by atoms with Crippen molar-refractivity contribution in [3.05, 3.63) is 58.6 Å². The molecule has 128 valence electrons. The molecule has 2 aromatic rings. The molecule has 0 radical (unpaired) electrons. The number of nitrogens with zero attached hydrogens (tertiary/aromatic N) is 1. The highest BCUT2D eigenvalue weighted by atomic mass is 35.5. The van der Waals surface area contributed by atoms with Gasteiger partial charge in [0, 0.05) is 10.6 Å². The van der Waals surface area contributed by atoms with Gasteiger partial charge in [0.05, 0.1) is 12.8 Å². The van der Waals surface area contributed by atoms with Crippen molar-refractivity contribution in [3.63, 3.8) is 0 Å². The van der Waals surface area contributed by atoms with Crippen LogP contribution < -0.4 is 20.2 Å². The molecule has 0 aliphatic carbocycles. The first-order valence-electron chi connectivity index (χ1n) is 7.37. The zero-order chi connectivity index (χ0) is 17.6. The summed E-state index contributed by atoms with van der Waals surface area (Å²) in [6, 6.07) is 11.7. The average Bonchev–Trinajstić information content (AvgIpc) is 3.08. The van der Waals surface area contributed by atoms with Crippen LogP contribution in [0.2, 0.25) is 5.02 Å². The van der Waals surface area contributed by atoms with Crippen LogP contribution in [-0.2, 0) is 4.79 Å². The first kappa shape index (κ1) is 16.8. The smallest absolute Gasteiger partial charge is 0.259 e. The average molecular weight is 360 g/mol. The molecule has 0 bridgehead atoms. The quantitative estimate of drug-likeness (QED) is 0.630. The second-order valence-electron chi connectivity index (χ2n) is 5.10. The highest BCUT2D eigenvalue weighted by Crippen LogP contribution is 2.31. The molecule has 2 N–H and O–H groups in total. The summed E-state index contributed by atoms with van der Waals surface area (Å²) in [6.07, 6.45) is 1.47. The van der Waals surface area contributed by atoms with Gasteiger partial charge in [-0.3, -0.25) is 9.59 Å². The van der Waals surface area contributed by atoms with Crippen molar-refractivity contribution in [2.24, 2.45) is 5.10 Å². The molecule has 25 heavy (non-hydrogen) atoms. The van der Waals surface area contributed by atoms with Gasteiger partial charge < -0.3 is 14.8 Å². The van der Waals surface area contributed by atoms with E-state index >= 15 is 0 Å². The maximum Gasteiger partial charge on any atom is 0.259 e. The largest absolute Gasteiger partial charge is 0.454 e. The van der Waals surface area contributed by atoms with Crippen molar-refractivity contribution in [3.8, 4) is 11.5 Å². The number of ether oxygens (including phenoxy) is 2. The first-order chi connectivity index (χ1) is 12.1. The molecule has 1 aliphatic heterocycles. The summed E-state index contributed by atoms with van der Waals surface area (Å²) in [6.45, 7) is -0.0000777. The Hall–Kier alpha value is -3.06. The number of fused-ring (bicyclic) bond motifs is 1. The number of rotatable bonds is 5. The Morgan fingerprint density at radius 2 is 1.88 bits per heavy atom. The van der Waals surface area contributed by atoms with Crippen LogP contribution in [0.4, 0.5) is 0 Å². The summed E-state index contributed by atoms with van der Waals surface area (Å²) in [4.78, 5) is 23.6. The Bertz CT molecular complexity index is 821. The minimum absolute atomic E-state index is 0.194. The second-order valence-corrected chi connectivity index (χ2v) is 5.53. The van der Waals surface area contributed by atoms with Crippen LogP contribution in [-0.4, -0.2) is 31.4 Å². The van der Waals surface area contributed by atoms with E-state index in [1.165, 1.54) is 6.21 Å². The number of amides is 2. The second kappa shape index (κ2) is 7.67. The summed E-state index contributed by atoms with van der Waals surface area (Å²) >= 11 is 5.76. The maximum absolute atomic E-state index is 11.9. The van der Waals surface area contributed by atoms with E-state index in [0.29, 0.717) is 22.1 Å². The first-order valence-corrected chi connectivity index (χ1v) is 7.75. The van der Waals surface area contributed by atoms with Gasteiger partial charge >= 0.3 is 0 Å². The van der Waals surface area contributed by atoms with Crippen LogP contribution in [0.1, 0.15) is 15.9 Å². The van der Waals surface area contributed by atoms with Gasteiger partial charge in [0.1, 0.15) is 0 Å². The Morgan fingerprint density at radius 1 is 1.12 bits per heavy atom. The van der Waals surface area contributed by atoms with E-state index in [4.69, 9.17) is 21.1 Å². The number of carbonyl (C=O) groups excluding carboxylic acids is 2. The molecule has 0 saturated carbocycles. The van der Waals surface area contributed by atoms with Gasteiger partial charge in [0.2, 0.25) is 6.79 Å². The summed E-state index contributed by atoms with van der Waals surface area (Å²) in [7, 11) is 0. The molecule has 0 unspecified atom stereocenters. The van der Waals surface area contributed by atoms with Crippen LogP contribution >= 0.6 is 11.6 Å². The summed E-state index contributed by atoms with van der Waals surface area (Å²) in [5.41, 5.74) is 3.50. The lowest BCUT2D eigenvalue weighted by Crippen LogP contribution is -2.34. The van der Waals surface area contributed by atoms with E-state index < -0.39 is 5.91 Å². The molecule has 1 aliphatic rings. The molecule has 1 heterocycles. The van der Waals surface area contributed by atoms with E-state index in [2.05, 4.69) is 15.8 Å². The van der Waals surface area contributed by atoms with E-state index in [9.17, 15) is 9.59 Å². The Morgan fingerprint density at radius 3 is 2.68 bits per heavy atom. The molecular weight excluding hydrogens is 346 g/mol. The number of nitrogens with one attached hydrogen (secondary N) is 2. The van der Waals surface area contributed by atoms with Gasteiger partial charge in [-0.15, -0.1) is 0 Å². The molecule has 0 saturated heterocycles. The molecule has 8 heteroatoms. The Kier molecular flexibility index (Phi) is 5.15. The molecule has 0 spiro atoms. The fourth-order valence-electron chi connectivity index (χ4n) is 2.08. The lowest BCUT2D eigenvalue weighted by atomic mass is 10.2. The third-order valence-corrected chi connectivity index (χ3v) is 3.57. The van der Waals surface area contributed by atoms with Crippen LogP contribution in [0.3, 0.4) is 0 Å². The van der Waals surface area contributed by atoms with Crippen molar-refractivity contribution in [1.82, 2.24) is 10.7 Å². The van der Waals surface area contributed by atoms with Crippen LogP contribution in [0, 0.1) is 0 Å². The molecular formula is C17H14ClN3O4. The highest BCUT2D eigenvalue weighted by Gasteiger charge is 2.12. The summed E-state index contributed by atoms with van der Waals surface area (Å²) in [5.74, 6) is 0.488. The van der Waals surface area contributed by atoms with Gasteiger partial charge in [-0.1, -0.05) is 11.6 Å². The zero-order valence-electron chi connectivity index (χ0n) is 13.0. The van der Waals surface area contributed by atoms with Crippen molar-refractivity contribution in [2.45, 2.75) is 0 Å². The summed E-state index contributed by atoms with van der Waals surface area (Å²) < 4.78 is 10.5. The number of hydrogen-bond acceptors (Lipinski definition) is 5. The van der Waals surface area contributed by atoms with Crippen molar-refractivity contribution < 1.29 is 19.1 Å². The van der Waals surface area contributed by atoms with Crippen LogP contribution in [0.5, 0.6) is 11.5 Å². The SMILES string of the molecule is O=C(CNC(=O)c1ccc(Cl)cc1)N/N=C\c1ccc2c(c1)OCO2. The van der Waals surface area contributed by atoms with Crippen LogP contribution in [0.25, 0.3) is 0 Å². The van der Waals surface area contributed by atoms with Gasteiger partial charge in [0.25, 0.3) is 11.8 Å². The minimum Gasteiger partial charge on any atom is -0.454 e. The van der Waals surface area contributed by atoms with Gasteiger partial charge in [-0.25, -0.2) is 5.43 Å². The maximum atomic E-state index is 11.9. The molecule has 0 atom stereocenters. The van der Waals surface area contributed by atoms with E-state index in [-0.39, 0.29) is 19.2 Å². The predicted octanol–water partition coefficient (Wildman–Crippen LogP) is 1.95. The number of halogens is 1. The van der Waals surface area contributed by atoms with E-state index in [0.717, 1.165) is 5.56 Å². The van der Waals surface area contributed by atoms with Gasteiger partial charge in [0.15, 0.2) is 11.5 Å². The normalized spacial score (nSPS) is 12.2. The standard InChI is InChI=1S/C17H14ClN3O4/c18-13-4-2-12(3-5-13)17(23)19-9-16(22)21-20-8-11-1-6-14-15(7-11)25-10-24-14/h1-8H,9-10H2,(H,19,23)(H,21,22)/b20-8-. The van der Waals surface area contributed by atoms with Crippen molar-refractivity contribution >= 4 is 29.6 Å². The number of carbonyl (C=O) groups is 2.